The number of rotatable bonds is 7. The molecule has 0 radical (unpaired) electrons. The average Bonchev–Trinajstić information content (AvgIpc) is 3.65. The second kappa shape index (κ2) is 10.7. The lowest BCUT2D eigenvalue weighted by molar-refractivity contribution is 0.00578. The summed E-state index contributed by atoms with van der Waals surface area (Å²) in [5.74, 6) is -0.00691. The minimum Gasteiger partial charge on any atom is -0.449 e. The van der Waals surface area contributed by atoms with E-state index >= 15 is 0 Å². The molecule has 3 aromatic carbocycles. The third-order valence-corrected chi connectivity index (χ3v) is 8.43. The Bertz CT molecular complexity index is 1530. The Morgan fingerprint density at radius 2 is 1.49 bits per heavy atom. The van der Waals surface area contributed by atoms with E-state index in [1.807, 2.05) is 88.4 Å². The lowest BCUT2D eigenvalue weighted by Gasteiger charge is -2.32. The summed E-state index contributed by atoms with van der Waals surface area (Å²) >= 11 is 0. The SMILES string of the molecule is CC1(C)OB(C(=Cc2ccccc2-c2ccn[nH]2)CNC(=O)OCC2c3ccccc3-c3ccccc32)OC1(C)C. The molecule has 1 aromatic heterocycles. The maximum atomic E-state index is 13.0. The molecule has 1 fully saturated rings. The van der Waals surface area contributed by atoms with Crippen molar-refractivity contribution in [1.29, 1.82) is 0 Å². The summed E-state index contributed by atoms with van der Waals surface area (Å²) < 4.78 is 18.6. The van der Waals surface area contributed by atoms with Gasteiger partial charge in [-0.3, -0.25) is 5.10 Å². The molecule has 4 aromatic rings. The van der Waals surface area contributed by atoms with Gasteiger partial charge in [0.15, 0.2) is 0 Å². The summed E-state index contributed by atoms with van der Waals surface area (Å²) in [5.41, 5.74) is 7.31. The fourth-order valence-corrected chi connectivity index (χ4v) is 5.49. The molecule has 2 aliphatic rings. The average molecular weight is 547 g/mol. The van der Waals surface area contributed by atoms with Crippen molar-refractivity contribution < 1.29 is 18.8 Å². The number of amides is 1. The maximum Gasteiger partial charge on any atom is 0.492 e. The number of nitrogens with one attached hydrogen (secondary N) is 2. The fraction of sp³-hybridized carbons (Fsp3) is 0.273. The molecule has 0 unspecified atom stereocenters. The number of ether oxygens (including phenoxy) is 1. The van der Waals surface area contributed by atoms with Gasteiger partial charge in [-0.1, -0.05) is 78.9 Å². The van der Waals surface area contributed by atoms with E-state index < -0.39 is 24.4 Å². The van der Waals surface area contributed by atoms with Gasteiger partial charge in [0, 0.05) is 24.2 Å². The van der Waals surface area contributed by atoms with Crippen LogP contribution in [0.2, 0.25) is 0 Å². The quantitative estimate of drug-likeness (QED) is 0.254. The van der Waals surface area contributed by atoms with Crippen LogP contribution in [0.1, 0.15) is 50.3 Å². The highest BCUT2D eigenvalue weighted by molar-refractivity contribution is 6.56. The highest BCUT2D eigenvalue weighted by Crippen LogP contribution is 2.44. The van der Waals surface area contributed by atoms with Gasteiger partial charge in [-0.05, 0) is 67.1 Å². The molecule has 0 saturated carbocycles. The summed E-state index contributed by atoms with van der Waals surface area (Å²) in [6.45, 7) is 8.51. The van der Waals surface area contributed by atoms with Gasteiger partial charge < -0.3 is 19.4 Å². The summed E-state index contributed by atoms with van der Waals surface area (Å²) in [6, 6.07) is 26.5. The number of aromatic nitrogens is 2. The van der Waals surface area contributed by atoms with Crippen molar-refractivity contribution in [3.05, 3.63) is 107 Å². The lowest BCUT2D eigenvalue weighted by Crippen LogP contribution is -2.41. The molecule has 0 spiro atoms. The van der Waals surface area contributed by atoms with Crippen molar-refractivity contribution in [2.45, 2.75) is 44.8 Å². The van der Waals surface area contributed by atoms with Crippen LogP contribution in [0.5, 0.6) is 0 Å². The Kier molecular flexibility index (Phi) is 7.05. The van der Waals surface area contributed by atoms with Gasteiger partial charge in [-0.15, -0.1) is 0 Å². The lowest BCUT2D eigenvalue weighted by atomic mass is 9.76. The molecule has 2 heterocycles. The molecule has 1 aliphatic heterocycles. The van der Waals surface area contributed by atoms with E-state index in [0.29, 0.717) is 0 Å². The molecular weight excluding hydrogens is 513 g/mol. The molecule has 2 N–H and O–H groups in total. The Morgan fingerprint density at radius 3 is 2.10 bits per heavy atom. The zero-order valence-electron chi connectivity index (χ0n) is 23.8. The van der Waals surface area contributed by atoms with Crippen LogP contribution in [-0.2, 0) is 14.0 Å². The number of carbonyl (C=O) groups is 1. The minimum atomic E-state index is -0.635. The van der Waals surface area contributed by atoms with E-state index in [4.69, 9.17) is 14.0 Å². The molecule has 208 valence electrons. The maximum absolute atomic E-state index is 13.0. The molecule has 1 saturated heterocycles. The smallest absolute Gasteiger partial charge is 0.449 e. The Labute approximate surface area is 241 Å². The largest absolute Gasteiger partial charge is 0.492 e. The van der Waals surface area contributed by atoms with Gasteiger partial charge in [-0.25, -0.2) is 4.79 Å². The molecule has 1 amide bonds. The third kappa shape index (κ3) is 5.21. The minimum absolute atomic E-state index is 0.00691. The predicted molar refractivity (Wildman–Crippen MR) is 161 cm³/mol. The monoisotopic (exact) mass is 547 g/mol. The molecule has 41 heavy (non-hydrogen) atoms. The molecule has 1 aliphatic carbocycles. The zero-order chi connectivity index (χ0) is 28.6. The van der Waals surface area contributed by atoms with Gasteiger partial charge in [0.25, 0.3) is 0 Å². The number of alkyl carbamates (subject to hydrolysis) is 1. The number of carbonyl (C=O) groups excluding carboxylic acids is 1. The van der Waals surface area contributed by atoms with Crippen LogP contribution in [0.3, 0.4) is 0 Å². The summed E-state index contributed by atoms with van der Waals surface area (Å²) in [5, 5.41) is 10.1. The van der Waals surface area contributed by atoms with Crippen molar-refractivity contribution in [2.75, 3.05) is 13.2 Å². The second-order valence-electron chi connectivity index (χ2n) is 11.5. The van der Waals surface area contributed by atoms with Gasteiger partial charge in [0.1, 0.15) is 6.61 Å². The van der Waals surface area contributed by atoms with E-state index in [1.165, 1.54) is 22.3 Å². The Morgan fingerprint density at radius 1 is 0.902 bits per heavy atom. The number of fused-ring (bicyclic) bond motifs is 3. The van der Waals surface area contributed by atoms with Crippen LogP contribution in [-0.4, -0.2) is 47.8 Å². The fourth-order valence-electron chi connectivity index (χ4n) is 5.49. The number of benzene rings is 3. The Hall–Kier alpha value is -4.14. The number of aromatic amines is 1. The van der Waals surface area contributed by atoms with Crippen LogP contribution in [0.15, 0.2) is 90.5 Å². The first-order chi connectivity index (χ1) is 19.7. The molecular formula is C33H34BN3O4. The van der Waals surface area contributed by atoms with Crippen LogP contribution in [0, 0.1) is 0 Å². The van der Waals surface area contributed by atoms with Crippen LogP contribution in [0.4, 0.5) is 4.79 Å². The van der Waals surface area contributed by atoms with Crippen molar-refractivity contribution >= 4 is 19.3 Å². The van der Waals surface area contributed by atoms with Crippen molar-refractivity contribution in [3.8, 4) is 22.4 Å². The summed E-state index contributed by atoms with van der Waals surface area (Å²) in [7, 11) is -0.635. The molecule has 0 atom stereocenters. The first kappa shape index (κ1) is 27.1. The van der Waals surface area contributed by atoms with E-state index in [-0.39, 0.29) is 19.1 Å². The highest BCUT2D eigenvalue weighted by atomic mass is 16.7. The van der Waals surface area contributed by atoms with E-state index in [0.717, 1.165) is 22.3 Å². The van der Waals surface area contributed by atoms with E-state index in [9.17, 15) is 4.79 Å². The molecule has 7 nitrogen and oxygen atoms in total. The van der Waals surface area contributed by atoms with Crippen molar-refractivity contribution in [1.82, 2.24) is 15.5 Å². The number of hydrogen-bond acceptors (Lipinski definition) is 5. The number of H-pyrrole nitrogens is 1. The highest BCUT2D eigenvalue weighted by Gasteiger charge is 2.52. The van der Waals surface area contributed by atoms with Crippen LogP contribution in [0.25, 0.3) is 28.5 Å². The number of hydrogen-bond donors (Lipinski definition) is 2. The topological polar surface area (TPSA) is 85.5 Å². The molecule has 8 heteroatoms. The molecule has 0 bridgehead atoms. The second-order valence-corrected chi connectivity index (χ2v) is 11.5. The van der Waals surface area contributed by atoms with Gasteiger partial charge in [0.05, 0.1) is 16.9 Å². The standard InChI is InChI=1S/C33H34BN3O4/c1-32(2)33(3,4)41-34(40-32)23(19-22-11-5-6-12-24(22)30-17-18-36-37-30)20-35-31(38)39-21-29-27-15-9-7-13-25(27)26-14-8-10-16-28(26)29/h5-19,29H,20-21H2,1-4H3,(H,35,38)(H,36,37). The van der Waals surface area contributed by atoms with Gasteiger partial charge >= 0.3 is 13.2 Å². The Balaban J connectivity index is 1.21. The summed E-state index contributed by atoms with van der Waals surface area (Å²) in [4.78, 5) is 13.0. The molecule has 6 rings (SSSR count). The first-order valence-corrected chi connectivity index (χ1v) is 14.0. The predicted octanol–water partition coefficient (Wildman–Crippen LogP) is 6.63. The van der Waals surface area contributed by atoms with E-state index in [2.05, 4.69) is 39.8 Å². The zero-order valence-corrected chi connectivity index (χ0v) is 23.8. The normalized spacial score (nSPS) is 17.3. The van der Waals surface area contributed by atoms with Crippen LogP contribution >= 0.6 is 0 Å². The first-order valence-electron chi connectivity index (χ1n) is 14.0. The third-order valence-electron chi connectivity index (χ3n) is 8.43. The van der Waals surface area contributed by atoms with Crippen molar-refractivity contribution in [3.63, 3.8) is 0 Å². The van der Waals surface area contributed by atoms with Gasteiger partial charge in [-0.2, -0.15) is 5.10 Å². The van der Waals surface area contributed by atoms with Crippen LogP contribution < -0.4 is 5.32 Å². The summed E-state index contributed by atoms with van der Waals surface area (Å²) in [6.07, 6.45) is 3.25. The van der Waals surface area contributed by atoms with Gasteiger partial charge in [0.2, 0.25) is 0 Å². The van der Waals surface area contributed by atoms with Crippen molar-refractivity contribution in [2.24, 2.45) is 0 Å². The number of nitrogens with zero attached hydrogens (tertiary/aromatic N) is 1. The van der Waals surface area contributed by atoms with E-state index in [1.54, 1.807) is 6.20 Å².